The summed E-state index contributed by atoms with van der Waals surface area (Å²) in [5.41, 5.74) is 0.767. The predicted octanol–water partition coefficient (Wildman–Crippen LogP) is 1.87. The second kappa shape index (κ2) is 2.41. The molecule has 2 aliphatic rings. The van der Waals surface area contributed by atoms with Gasteiger partial charge in [-0.05, 0) is 24.2 Å². The third-order valence-electron chi connectivity index (χ3n) is 3.84. The molecule has 1 heterocycles. The van der Waals surface area contributed by atoms with Crippen LogP contribution in [0.25, 0.3) is 0 Å². The van der Waals surface area contributed by atoms with E-state index in [1.165, 1.54) is 6.42 Å². The molecule has 1 saturated carbocycles. The molecule has 2 rings (SSSR count). The molecule has 1 aliphatic carbocycles. The van der Waals surface area contributed by atoms with E-state index >= 15 is 0 Å². The topological polar surface area (TPSA) is 20.3 Å². The zero-order valence-electron chi connectivity index (χ0n) is 8.43. The number of carbonyl (C=O) groups is 1. The summed E-state index contributed by atoms with van der Waals surface area (Å²) in [7, 11) is 0. The highest BCUT2D eigenvalue weighted by Crippen LogP contribution is 2.67. The van der Waals surface area contributed by atoms with Crippen LogP contribution in [0.1, 0.15) is 27.2 Å². The van der Waals surface area contributed by atoms with Crippen molar-refractivity contribution in [1.29, 1.82) is 0 Å². The van der Waals surface area contributed by atoms with E-state index < -0.39 is 0 Å². The third-order valence-corrected chi connectivity index (χ3v) is 4.03. The molecule has 3 unspecified atom stereocenters. The molecular formula is C10H16ClNO. The van der Waals surface area contributed by atoms with E-state index in [1.807, 2.05) is 4.90 Å². The quantitative estimate of drug-likeness (QED) is 0.594. The lowest BCUT2D eigenvalue weighted by Crippen LogP contribution is -2.36. The van der Waals surface area contributed by atoms with Crippen molar-refractivity contribution in [3.05, 3.63) is 0 Å². The molecule has 0 spiro atoms. The molecule has 3 atom stereocenters. The van der Waals surface area contributed by atoms with Gasteiger partial charge in [-0.2, -0.15) is 0 Å². The number of piperidine rings is 1. The Bertz CT molecular complexity index is 250. The van der Waals surface area contributed by atoms with Crippen molar-refractivity contribution >= 4 is 17.5 Å². The number of likely N-dealkylation sites (tertiary alicyclic amines) is 1. The zero-order valence-corrected chi connectivity index (χ0v) is 9.19. The standard InChI is InChI=1S/C10H16ClNO/c1-7(11)8(13)12-5-9(2)4-10(9,3)6-12/h7H,4-6H2,1-3H3. The Labute approximate surface area is 84.2 Å². The van der Waals surface area contributed by atoms with Crippen molar-refractivity contribution < 1.29 is 4.79 Å². The maximum Gasteiger partial charge on any atom is 0.240 e. The molecule has 3 heteroatoms. The first-order valence-electron chi connectivity index (χ1n) is 4.81. The number of carbonyl (C=O) groups excluding carboxylic acids is 1. The summed E-state index contributed by atoms with van der Waals surface area (Å²) in [5.74, 6) is 0.0938. The minimum atomic E-state index is -0.371. The van der Waals surface area contributed by atoms with Crippen molar-refractivity contribution in [1.82, 2.24) is 4.90 Å². The molecule has 1 amide bonds. The first-order valence-corrected chi connectivity index (χ1v) is 5.25. The van der Waals surface area contributed by atoms with Gasteiger partial charge in [-0.1, -0.05) is 13.8 Å². The summed E-state index contributed by atoms with van der Waals surface area (Å²) in [6.07, 6.45) is 1.26. The molecule has 1 saturated heterocycles. The van der Waals surface area contributed by atoms with E-state index in [9.17, 15) is 4.79 Å². The van der Waals surface area contributed by atoms with Crippen LogP contribution < -0.4 is 0 Å². The van der Waals surface area contributed by atoms with E-state index in [0.717, 1.165) is 13.1 Å². The molecule has 1 aliphatic heterocycles. The molecule has 0 N–H and O–H groups in total. The highest BCUT2D eigenvalue weighted by atomic mass is 35.5. The van der Waals surface area contributed by atoms with Gasteiger partial charge in [0.25, 0.3) is 0 Å². The van der Waals surface area contributed by atoms with Crippen molar-refractivity contribution in [2.45, 2.75) is 32.6 Å². The van der Waals surface area contributed by atoms with Gasteiger partial charge in [0.1, 0.15) is 5.38 Å². The Hall–Kier alpha value is -0.240. The molecular weight excluding hydrogens is 186 g/mol. The monoisotopic (exact) mass is 201 g/mol. The first-order chi connectivity index (χ1) is 5.88. The minimum Gasteiger partial charge on any atom is -0.340 e. The lowest BCUT2D eigenvalue weighted by atomic mass is 10.0. The smallest absolute Gasteiger partial charge is 0.240 e. The zero-order chi connectivity index (χ0) is 9.85. The van der Waals surface area contributed by atoms with Crippen LogP contribution in [0.2, 0.25) is 0 Å². The fraction of sp³-hybridized carbons (Fsp3) is 0.900. The van der Waals surface area contributed by atoms with Crippen LogP contribution in [0.3, 0.4) is 0 Å². The van der Waals surface area contributed by atoms with Crippen LogP contribution in [0.4, 0.5) is 0 Å². The molecule has 13 heavy (non-hydrogen) atoms. The molecule has 2 nitrogen and oxygen atoms in total. The van der Waals surface area contributed by atoms with Gasteiger partial charge in [-0.25, -0.2) is 0 Å². The molecule has 0 aromatic heterocycles. The second-order valence-electron chi connectivity index (χ2n) is 5.11. The van der Waals surface area contributed by atoms with Gasteiger partial charge >= 0.3 is 0 Å². The highest BCUT2D eigenvalue weighted by Gasteiger charge is 2.66. The van der Waals surface area contributed by atoms with Crippen molar-refractivity contribution in [3.8, 4) is 0 Å². The van der Waals surface area contributed by atoms with Gasteiger partial charge in [0, 0.05) is 13.1 Å². The Morgan fingerprint density at radius 2 is 1.85 bits per heavy atom. The Balaban J connectivity index is 2.05. The number of amides is 1. The highest BCUT2D eigenvalue weighted by molar-refractivity contribution is 6.30. The molecule has 0 radical (unpaired) electrons. The number of alkyl halides is 1. The number of fused-ring (bicyclic) bond motifs is 1. The van der Waals surface area contributed by atoms with Crippen LogP contribution >= 0.6 is 11.6 Å². The summed E-state index contributed by atoms with van der Waals surface area (Å²) in [6, 6.07) is 0. The van der Waals surface area contributed by atoms with Gasteiger partial charge in [0.05, 0.1) is 0 Å². The largest absolute Gasteiger partial charge is 0.340 e. The van der Waals surface area contributed by atoms with Crippen molar-refractivity contribution in [3.63, 3.8) is 0 Å². The van der Waals surface area contributed by atoms with Crippen LogP contribution in [-0.4, -0.2) is 29.3 Å². The number of nitrogens with zero attached hydrogens (tertiary/aromatic N) is 1. The van der Waals surface area contributed by atoms with E-state index in [4.69, 9.17) is 11.6 Å². The number of hydrogen-bond acceptors (Lipinski definition) is 1. The van der Waals surface area contributed by atoms with Crippen LogP contribution in [0.5, 0.6) is 0 Å². The van der Waals surface area contributed by atoms with Gasteiger partial charge < -0.3 is 4.90 Å². The van der Waals surface area contributed by atoms with Crippen LogP contribution in [0.15, 0.2) is 0 Å². The number of halogens is 1. The summed E-state index contributed by atoms with van der Waals surface area (Å²) in [5, 5.41) is -0.371. The van der Waals surface area contributed by atoms with Crippen LogP contribution in [0, 0.1) is 10.8 Å². The molecule has 74 valence electrons. The predicted molar refractivity (Wildman–Crippen MR) is 52.7 cm³/mol. The molecule has 0 aromatic carbocycles. The van der Waals surface area contributed by atoms with E-state index in [-0.39, 0.29) is 11.3 Å². The average molecular weight is 202 g/mol. The number of rotatable bonds is 1. The normalized spacial score (nSPS) is 44.5. The summed E-state index contributed by atoms with van der Waals surface area (Å²) in [6.45, 7) is 8.08. The van der Waals surface area contributed by atoms with Crippen LogP contribution in [-0.2, 0) is 4.79 Å². The second-order valence-corrected chi connectivity index (χ2v) is 5.76. The number of hydrogen-bond donors (Lipinski definition) is 0. The Morgan fingerprint density at radius 1 is 1.38 bits per heavy atom. The first kappa shape index (κ1) is 9.32. The fourth-order valence-electron chi connectivity index (χ4n) is 2.62. The Kier molecular flexibility index (Phi) is 1.73. The maximum atomic E-state index is 11.6. The van der Waals surface area contributed by atoms with Crippen molar-refractivity contribution in [2.24, 2.45) is 10.8 Å². The molecule has 2 fully saturated rings. The summed E-state index contributed by atoms with van der Waals surface area (Å²) >= 11 is 5.77. The minimum absolute atomic E-state index is 0.0938. The maximum absolute atomic E-state index is 11.6. The SMILES string of the molecule is CC(Cl)C(=O)N1CC2(C)CC2(C)C1. The molecule has 0 bridgehead atoms. The lowest BCUT2D eigenvalue weighted by molar-refractivity contribution is -0.130. The van der Waals surface area contributed by atoms with Crippen molar-refractivity contribution in [2.75, 3.05) is 13.1 Å². The van der Waals surface area contributed by atoms with E-state index in [0.29, 0.717) is 10.8 Å². The van der Waals surface area contributed by atoms with Gasteiger partial charge in [-0.15, -0.1) is 11.6 Å². The van der Waals surface area contributed by atoms with Gasteiger partial charge in [0.15, 0.2) is 0 Å². The summed E-state index contributed by atoms with van der Waals surface area (Å²) in [4.78, 5) is 13.5. The fourth-order valence-corrected chi connectivity index (χ4v) is 2.75. The Morgan fingerprint density at radius 3 is 2.23 bits per heavy atom. The lowest BCUT2D eigenvalue weighted by Gasteiger charge is -2.21. The average Bonchev–Trinajstić information content (AvgIpc) is 2.40. The summed E-state index contributed by atoms with van der Waals surface area (Å²) < 4.78 is 0. The van der Waals surface area contributed by atoms with Gasteiger partial charge in [-0.3, -0.25) is 4.79 Å². The third kappa shape index (κ3) is 1.18. The molecule has 0 aromatic rings. The van der Waals surface area contributed by atoms with E-state index in [2.05, 4.69) is 13.8 Å². The van der Waals surface area contributed by atoms with Gasteiger partial charge in [0.2, 0.25) is 5.91 Å². The van der Waals surface area contributed by atoms with E-state index in [1.54, 1.807) is 6.92 Å².